The van der Waals surface area contributed by atoms with Crippen LogP contribution in [-0.2, 0) is 16.0 Å². The lowest BCUT2D eigenvalue weighted by molar-refractivity contribution is -0.138. The number of fused-ring (bicyclic) bond motifs is 3. The second-order valence-corrected chi connectivity index (χ2v) is 6.65. The third-order valence-corrected chi connectivity index (χ3v) is 5.27. The molecule has 3 nitrogen and oxygen atoms in total. The Balaban J connectivity index is 1.50. The fraction of sp³-hybridized carbons (Fsp3) is 0.556. The summed E-state index contributed by atoms with van der Waals surface area (Å²) >= 11 is 0. The zero-order valence-corrected chi connectivity index (χ0v) is 12.4. The molecule has 2 bridgehead atoms. The smallest absolute Gasteiger partial charge is 0.226 e. The number of hydrogen-bond acceptors (Lipinski definition) is 2. The van der Waals surface area contributed by atoms with Crippen molar-refractivity contribution in [2.75, 3.05) is 6.54 Å². The summed E-state index contributed by atoms with van der Waals surface area (Å²) in [5, 5.41) is 2.90. The number of carbonyl (C=O) groups is 2. The molecule has 4 rings (SSSR count). The van der Waals surface area contributed by atoms with Crippen molar-refractivity contribution < 1.29 is 9.59 Å². The summed E-state index contributed by atoms with van der Waals surface area (Å²) in [6, 6.07) is 9.69. The van der Waals surface area contributed by atoms with Gasteiger partial charge in [0.1, 0.15) is 0 Å². The molecule has 3 heteroatoms. The molecule has 0 spiro atoms. The third-order valence-electron chi connectivity index (χ3n) is 5.27. The van der Waals surface area contributed by atoms with Crippen molar-refractivity contribution in [2.45, 2.75) is 44.9 Å². The minimum absolute atomic E-state index is 0.0791. The van der Waals surface area contributed by atoms with E-state index in [1.165, 1.54) is 19.3 Å². The van der Waals surface area contributed by atoms with Gasteiger partial charge in [-0.2, -0.15) is 0 Å². The molecule has 112 valence electrons. The van der Waals surface area contributed by atoms with Gasteiger partial charge in [-0.25, -0.2) is 0 Å². The van der Waals surface area contributed by atoms with Gasteiger partial charge < -0.3 is 5.32 Å². The van der Waals surface area contributed by atoms with Crippen LogP contribution in [0.15, 0.2) is 30.3 Å². The van der Waals surface area contributed by atoms with E-state index in [-0.39, 0.29) is 23.7 Å². The lowest BCUT2D eigenvalue weighted by Crippen LogP contribution is -2.47. The van der Waals surface area contributed by atoms with Gasteiger partial charge in [0.2, 0.25) is 5.91 Å². The van der Waals surface area contributed by atoms with Crippen LogP contribution in [-0.4, -0.2) is 18.2 Å². The van der Waals surface area contributed by atoms with Gasteiger partial charge in [-0.05, 0) is 50.0 Å². The Morgan fingerprint density at radius 3 is 2.29 bits per heavy atom. The van der Waals surface area contributed by atoms with Gasteiger partial charge in [0, 0.05) is 11.8 Å². The molecule has 0 atom stereocenters. The first-order valence-electron chi connectivity index (χ1n) is 8.02. The normalized spacial score (nSPS) is 27.3. The van der Waals surface area contributed by atoms with Gasteiger partial charge >= 0.3 is 0 Å². The molecule has 1 aromatic rings. The minimum Gasteiger partial charge on any atom is -0.349 e. The Hall–Kier alpha value is -1.64. The molecule has 3 aliphatic rings. The van der Waals surface area contributed by atoms with Crippen LogP contribution >= 0.6 is 0 Å². The van der Waals surface area contributed by atoms with Gasteiger partial charge in [0.25, 0.3) is 0 Å². The monoisotopic (exact) mass is 285 g/mol. The van der Waals surface area contributed by atoms with Crippen LogP contribution in [0.1, 0.15) is 44.1 Å². The average molecular weight is 285 g/mol. The first kappa shape index (κ1) is 14.3. The largest absolute Gasteiger partial charge is 0.349 e. The molecule has 3 aliphatic carbocycles. The van der Waals surface area contributed by atoms with Gasteiger partial charge in [-0.1, -0.05) is 30.3 Å². The van der Waals surface area contributed by atoms with Crippen LogP contribution in [0.5, 0.6) is 0 Å². The fourth-order valence-corrected chi connectivity index (χ4v) is 3.84. The molecule has 0 aromatic heterocycles. The molecule has 0 saturated heterocycles. The number of carbonyl (C=O) groups excluding carboxylic acids is 2. The van der Waals surface area contributed by atoms with Gasteiger partial charge in [0.15, 0.2) is 5.78 Å². The molecule has 3 saturated carbocycles. The standard InChI is InChI=1S/C18H23NO2/c20-16(12-15-4-2-1-3-5-15)13-19-17(21)18-9-6-14(7-10-18)8-11-18/h1-5,14H,6-13H2,(H,19,21). The summed E-state index contributed by atoms with van der Waals surface area (Å²) < 4.78 is 0. The maximum Gasteiger partial charge on any atom is 0.226 e. The molecular weight excluding hydrogens is 262 g/mol. The van der Waals surface area contributed by atoms with Crippen molar-refractivity contribution in [1.29, 1.82) is 0 Å². The van der Waals surface area contributed by atoms with E-state index < -0.39 is 0 Å². The highest BCUT2D eigenvalue weighted by atomic mass is 16.2. The maximum atomic E-state index is 12.5. The zero-order chi connectivity index (χ0) is 14.7. The molecule has 0 aliphatic heterocycles. The second-order valence-electron chi connectivity index (χ2n) is 6.65. The van der Waals surface area contributed by atoms with Crippen LogP contribution in [0, 0.1) is 11.3 Å². The zero-order valence-electron chi connectivity index (χ0n) is 12.4. The van der Waals surface area contributed by atoms with Crippen LogP contribution < -0.4 is 5.32 Å². The quantitative estimate of drug-likeness (QED) is 0.904. The van der Waals surface area contributed by atoms with Crippen molar-refractivity contribution in [1.82, 2.24) is 5.32 Å². The number of rotatable bonds is 5. The summed E-state index contributed by atoms with van der Waals surface area (Å²) in [7, 11) is 0. The van der Waals surface area contributed by atoms with E-state index in [1.54, 1.807) is 0 Å². The molecule has 21 heavy (non-hydrogen) atoms. The van der Waals surface area contributed by atoms with Crippen LogP contribution in [0.4, 0.5) is 0 Å². The highest BCUT2D eigenvalue weighted by Gasteiger charge is 2.45. The molecule has 0 radical (unpaired) electrons. The van der Waals surface area contributed by atoms with E-state index in [1.807, 2.05) is 30.3 Å². The first-order valence-corrected chi connectivity index (χ1v) is 8.02. The lowest BCUT2D eigenvalue weighted by atomic mass is 9.60. The Kier molecular flexibility index (Phi) is 4.09. The molecular formula is C18H23NO2. The van der Waals surface area contributed by atoms with E-state index in [2.05, 4.69) is 5.32 Å². The highest BCUT2D eigenvalue weighted by molar-refractivity contribution is 5.89. The molecule has 3 fully saturated rings. The number of nitrogens with one attached hydrogen (secondary N) is 1. The summed E-state index contributed by atoms with van der Waals surface area (Å²) in [4.78, 5) is 24.5. The second kappa shape index (κ2) is 6.00. The molecule has 1 amide bonds. The lowest BCUT2D eigenvalue weighted by Gasteiger charge is -2.45. The van der Waals surface area contributed by atoms with Crippen molar-refractivity contribution in [2.24, 2.45) is 11.3 Å². The number of amides is 1. The molecule has 0 heterocycles. The van der Waals surface area contributed by atoms with E-state index in [9.17, 15) is 9.59 Å². The SMILES string of the molecule is O=C(CNC(=O)C12CCC(CC1)CC2)Cc1ccccc1. The first-order chi connectivity index (χ1) is 10.2. The number of benzene rings is 1. The van der Waals surface area contributed by atoms with Crippen molar-refractivity contribution in [3.05, 3.63) is 35.9 Å². The summed E-state index contributed by atoms with van der Waals surface area (Å²) in [5.41, 5.74) is 0.843. The maximum absolute atomic E-state index is 12.5. The summed E-state index contributed by atoms with van der Waals surface area (Å²) in [6.07, 6.45) is 6.99. The van der Waals surface area contributed by atoms with Crippen molar-refractivity contribution in [3.63, 3.8) is 0 Å². The van der Waals surface area contributed by atoms with Gasteiger partial charge in [-0.3, -0.25) is 9.59 Å². The average Bonchev–Trinajstić information content (AvgIpc) is 2.55. The van der Waals surface area contributed by atoms with Gasteiger partial charge in [-0.15, -0.1) is 0 Å². The molecule has 1 N–H and O–H groups in total. The number of ketones is 1. The van der Waals surface area contributed by atoms with E-state index in [0.717, 1.165) is 30.7 Å². The van der Waals surface area contributed by atoms with Crippen LogP contribution in [0.25, 0.3) is 0 Å². The van der Waals surface area contributed by atoms with Crippen molar-refractivity contribution in [3.8, 4) is 0 Å². The molecule has 0 unspecified atom stereocenters. The predicted molar refractivity (Wildman–Crippen MR) is 81.8 cm³/mol. The number of Topliss-reactive ketones (excluding diaryl/α,β-unsaturated/α-hetero) is 1. The van der Waals surface area contributed by atoms with Gasteiger partial charge in [0.05, 0.1) is 6.54 Å². The van der Waals surface area contributed by atoms with Crippen LogP contribution in [0.2, 0.25) is 0 Å². The van der Waals surface area contributed by atoms with E-state index in [0.29, 0.717) is 6.42 Å². The summed E-state index contributed by atoms with van der Waals surface area (Å²) in [6.45, 7) is 0.166. The van der Waals surface area contributed by atoms with E-state index >= 15 is 0 Å². The third kappa shape index (κ3) is 3.17. The van der Waals surface area contributed by atoms with Crippen LogP contribution in [0.3, 0.4) is 0 Å². The van der Waals surface area contributed by atoms with E-state index in [4.69, 9.17) is 0 Å². The number of hydrogen-bond donors (Lipinski definition) is 1. The Morgan fingerprint density at radius 2 is 1.67 bits per heavy atom. The minimum atomic E-state index is -0.165. The highest BCUT2D eigenvalue weighted by Crippen LogP contribution is 2.50. The Morgan fingerprint density at radius 1 is 1.05 bits per heavy atom. The fourth-order valence-electron chi connectivity index (χ4n) is 3.84. The summed E-state index contributed by atoms with van der Waals surface area (Å²) in [5.74, 6) is 1.04. The Bertz CT molecular complexity index is 502. The Labute approximate surface area is 126 Å². The molecule has 1 aromatic carbocycles. The predicted octanol–water partition coefficient (Wildman–Crippen LogP) is 2.88. The van der Waals surface area contributed by atoms with Crippen molar-refractivity contribution >= 4 is 11.7 Å². The topological polar surface area (TPSA) is 46.2 Å².